The van der Waals surface area contributed by atoms with Gasteiger partial charge in [-0.05, 0) is 13.8 Å². The lowest BCUT2D eigenvalue weighted by Crippen LogP contribution is -2.36. The fourth-order valence-electron chi connectivity index (χ4n) is 2.39. The van der Waals surface area contributed by atoms with Crippen molar-refractivity contribution in [2.75, 3.05) is 31.2 Å². The van der Waals surface area contributed by atoms with Gasteiger partial charge in [-0.2, -0.15) is 5.10 Å². The molecule has 102 valence electrons. The maximum absolute atomic E-state index is 6.00. The maximum Gasteiger partial charge on any atom is 0.160 e. The van der Waals surface area contributed by atoms with E-state index in [1.54, 1.807) is 0 Å². The van der Waals surface area contributed by atoms with Crippen LogP contribution in [0.3, 0.4) is 0 Å². The quantitative estimate of drug-likeness (QED) is 0.793. The van der Waals surface area contributed by atoms with Crippen molar-refractivity contribution in [3.05, 3.63) is 17.4 Å². The molecule has 2 aromatic rings. The van der Waals surface area contributed by atoms with Crippen molar-refractivity contribution in [1.29, 1.82) is 0 Å². The third-order valence-corrected chi connectivity index (χ3v) is 3.55. The Labute approximate surface area is 117 Å². The summed E-state index contributed by atoms with van der Waals surface area (Å²) < 4.78 is 7.40. The lowest BCUT2D eigenvalue weighted by Gasteiger charge is -2.26. The smallest absolute Gasteiger partial charge is 0.160 e. The summed E-state index contributed by atoms with van der Waals surface area (Å²) in [5, 5.41) is 6.30. The zero-order valence-corrected chi connectivity index (χ0v) is 11.9. The molecular formula is C13H17ClN4O. The number of hydrogen-bond acceptors (Lipinski definition) is 4. The number of nitrogens with zero attached hydrogens (tertiary/aromatic N) is 4. The highest BCUT2D eigenvalue weighted by Crippen LogP contribution is 2.29. The van der Waals surface area contributed by atoms with Crippen molar-refractivity contribution in [2.24, 2.45) is 0 Å². The minimum atomic E-state index is 0.288. The highest BCUT2D eigenvalue weighted by molar-refractivity contribution is 6.30. The van der Waals surface area contributed by atoms with E-state index in [1.165, 1.54) is 0 Å². The zero-order valence-electron chi connectivity index (χ0n) is 11.1. The Morgan fingerprint density at radius 3 is 2.74 bits per heavy atom. The Morgan fingerprint density at radius 2 is 2.05 bits per heavy atom. The summed E-state index contributed by atoms with van der Waals surface area (Å²) in [5.74, 6) is 0.983. The number of pyridine rings is 1. The van der Waals surface area contributed by atoms with Crippen LogP contribution in [0.5, 0.6) is 0 Å². The standard InChI is InChI=1S/C13H17ClN4O/c1-9(2)18-11-7-12(14)15-8-10(11)13(16-18)17-3-5-19-6-4-17/h7-9H,3-6H2,1-2H3. The number of morpholine rings is 1. The monoisotopic (exact) mass is 280 g/mol. The van der Waals surface area contributed by atoms with Crippen LogP contribution in [0.2, 0.25) is 5.15 Å². The van der Waals surface area contributed by atoms with Crippen molar-refractivity contribution in [3.8, 4) is 0 Å². The second-order valence-corrected chi connectivity index (χ2v) is 5.37. The molecule has 0 bridgehead atoms. The molecule has 1 aliphatic heterocycles. The molecule has 1 fully saturated rings. The minimum absolute atomic E-state index is 0.288. The number of aromatic nitrogens is 3. The van der Waals surface area contributed by atoms with Crippen LogP contribution in [0.15, 0.2) is 12.3 Å². The molecule has 0 aromatic carbocycles. The summed E-state index contributed by atoms with van der Waals surface area (Å²) in [6.07, 6.45) is 1.81. The van der Waals surface area contributed by atoms with Gasteiger partial charge < -0.3 is 9.64 Å². The van der Waals surface area contributed by atoms with Crippen molar-refractivity contribution < 1.29 is 4.74 Å². The van der Waals surface area contributed by atoms with E-state index in [4.69, 9.17) is 21.4 Å². The molecule has 0 N–H and O–H groups in total. The molecule has 3 rings (SSSR count). The Hall–Kier alpha value is -1.33. The van der Waals surface area contributed by atoms with Crippen LogP contribution in [-0.2, 0) is 4.74 Å². The topological polar surface area (TPSA) is 43.2 Å². The minimum Gasteiger partial charge on any atom is -0.378 e. The predicted molar refractivity (Wildman–Crippen MR) is 76.0 cm³/mol. The summed E-state index contributed by atoms with van der Waals surface area (Å²) in [5.41, 5.74) is 1.04. The van der Waals surface area contributed by atoms with Crippen LogP contribution < -0.4 is 4.90 Å². The Morgan fingerprint density at radius 1 is 1.32 bits per heavy atom. The van der Waals surface area contributed by atoms with Gasteiger partial charge in [0.25, 0.3) is 0 Å². The fraction of sp³-hybridized carbons (Fsp3) is 0.538. The van der Waals surface area contributed by atoms with Gasteiger partial charge in [-0.25, -0.2) is 4.98 Å². The number of hydrogen-bond donors (Lipinski definition) is 0. The Bertz CT molecular complexity index is 590. The Kier molecular flexibility index (Phi) is 3.33. The van der Waals surface area contributed by atoms with E-state index >= 15 is 0 Å². The lowest BCUT2D eigenvalue weighted by molar-refractivity contribution is 0.122. The first-order valence-corrected chi connectivity index (χ1v) is 6.91. The zero-order chi connectivity index (χ0) is 13.4. The number of anilines is 1. The summed E-state index contributed by atoms with van der Waals surface area (Å²) in [6, 6.07) is 2.17. The first kappa shape index (κ1) is 12.7. The van der Waals surface area contributed by atoms with Gasteiger partial charge in [-0.3, -0.25) is 4.68 Å². The van der Waals surface area contributed by atoms with Crippen molar-refractivity contribution in [2.45, 2.75) is 19.9 Å². The molecule has 0 radical (unpaired) electrons. The van der Waals surface area contributed by atoms with E-state index in [2.05, 4.69) is 23.7 Å². The molecule has 0 spiro atoms. The molecule has 0 atom stereocenters. The summed E-state index contributed by atoms with van der Waals surface area (Å²) >= 11 is 6.00. The molecule has 6 heteroatoms. The van der Waals surface area contributed by atoms with Gasteiger partial charge in [0.15, 0.2) is 5.82 Å². The first-order chi connectivity index (χ1) is 9.16. The molecule has 1 saturated heterocycles. The van der Waals surface area contributed by atoms with Crippen molar-refractivity contribution >= 4 is 28.3 Å². The van der Waals surface area contributed by atoms with Gasteiger partial charge in [-0.15, -0.1) is 0 Å². The highest BCUT2D eigenvalue weighted by atomic mass is 35.5. The van der Waals surface area contributed by atoms with Gasteiger partial charge in [-0.1, -0.05) is 11.6 Å². The maximum atomic E-state index is 6.00. The molecule has 0 amide bonds. The van der Waals surface area contributed by atoms with Gasteiger partial charge >= 0.3 is 0 Å². The second kappa shape index (κ2) is 4.98. The van der Waals surface area contributed by atoms with Gasteiger partial charge in [0.2, 0.25) is 0 Å². The van der Waals surface area contributed by atoms with E-state index in [0.29, 0.717) is 5.15 Å². The third-order valence-electron chi connectivity index (χ3n) is 3.34. The van der Waals surface area contributed by atoms with Crippen LogP contribution >= 0.6 is 11.6 Å². The van der Waals surface area contributed by atoms with E-state index in [1.807, 2.05) is 16.9 Å². The van der Waals surface area contributed by atoms with Crippen LogP contribution in [0, 0.1) is 0 Å². The summed E-state index contributed by atoms with van der Waals surface area (Å²) in [4.78, 5) is 6.44. The van der Waals surface area contributed by atoms with E-state index in [9.17, 15) is 0 Å². The molecular weight excluding hydrogens is 264 g/mol. The molecule has 2 aromatic heterocycles. The summed E-state index contributed by atoms with van der Waals surface area (Å²) in [7, 11) is 0. The number of fused-ring (bicyclic) bond motifs is 1. The molecule has 1 aliphatic rings. The van der Waals surface area contributed by atoms with Crippen LogP contribution in [0.25, 0.3) is 10.9 Å². The second-order valence-electron chi connectivity index (χ2n) is 4.99. The van der Waals surface area contributed by atoms with Gasteiger partial charge in [0.05, 0.1) is 24.1 Å². The third kappa shape index (κ3) is 2.28. The van der Waals surface area contributed by atoms with E-state index in [0.717, 1.165) is 43.0 Å². The predicted octanol–water partition coefficient (Wildman–Crippen LogP) is 2.50. The number of halogens is 1. The fourth-order valence-corrected chi connectivity index (χ4v) is 2.55. The molecule has 3 heterocycles. The van der Waals surface area contributed by atoms with E-state index < -0.39 is 0 Å². The number of ether oxygens (including phenoxy) is 1. The van der Waals surface area contributed by atoms with Crippen molar-refractivity contribution in [1.82, 2.24) is 14.8 Å². The molecule has 0 unspecified atom stereocenters. The molecule has 5 nitrogen and oxygen atoms in total. The van der Waals surface area contributed by atoms with Crippen LogP contribution in [-0.4, -0.2) is 41.1 Å². The Balaban J connectivity index is 2.13. The summed E-state index contributed by atoms with van der Waals surface area (Å²) in [6.45, 7) is 7.46. The molecule has 0 saturated carbocycles. The van der Waals surface area contributed by atoms with Crippen molar-refractivity contribution in [3.63, 3.8) is 0 Å². The normalized spacial score (nSPS) is 16.5. The molecule has 0 aliphatic carbocycles. The first-order valence-electron chi connectivity index (χ1n) is 6.53. The van der Waals surface area contributed by atoms with E-state index in [-0.39, 0.29) is 6.04 Å². The largest absolute Gasteiger partial charge is 0.378 e. The van der Waals surface area contributed by atoms with Gasteiger partial charge in [0, 0.05) is 31.4 Å². The highest BCUT2D eigenvalue weighted by Gasteiger charge is 2.20. The van der Waals surface area contributed by atoms with Crippen LogP contribution in [0.1, 0.15) is 19.9 Å². The average molecular weight is 281 g/mol. The van der Waals surface area contributed by atoms with Gasteiger partial charge in [0.1, 0.15) is 5.15 Å². The SMILES string of the molecule is CC(C)n1nc(N2CCOCC2)c2cnc(Cl)cc21. The molecule has 19 heavy (non-hydrogen) atoms. The number of rotatable bonds is 2. The van der Waals surface area contributed by atoms with Crippen LogP contribution in [0.4, 0.5) is 5.82 Å². The lowest BCUT2D eigenvalue weighted by atomic mass is 10.3. The average Bonchev–Trinajstić information content (AvgIpc) is 2.78.